The van der Waals surface area contributed by atoms with Gasteiger partial charge < -0.3 is 20.0 Å². The van der Waals surface area contributed by atoms with Crippen LogP contribution >= 0.6 is 15.9 Å². The second-order valence-corrected chi connectivity index (χ2v) is 10.3. The van der Waals surface area contributed by atoms with Gasteiger partial charge in [-0.1, -0.05) is 35.0 Å². The summed E-state index contributed by atoms with van der Waals surface area (Å²) in [5.41, 5.74) is 3.20. The average Bonchev–Trinajstić information content (AvgIpc) is 3.18. The molecule has 1 fully saturated rings. The van der Waals surface area contributed by atoms with Crippen molar-refractivity contribution in [3.63, 3.8) is 0 Å². The zero-order valence-electron chi connectivity index (χ0n) is 21.3. The predicted molar refractivity (Wildman–Crippen MR) is 146 cm³/mol. The van der Waals surface area contributed by atoms with Gasteiger partial charge in [-0.25, -0.2) is 13.9 Å². The first-order valence-electron chi connectivity index (χ1n) is 12.4. The third-order valence-electron chi connectivity index (χ3n) is 6.62. The number of amides is 2. The number of rotatable bonds is 7. The van der Waals surface area contributed by atoms with Crippen molar-refractivity contribution in [2.75, 3.05) is 42.9 Å². The van der Waals surface area contributed by atoms with Gasteiger partial charge in [0.2, 0.25) is 0 Å². The molecule has 9 heteroatoms. The number of piperazine rings is 1. The summed E-state index contributed by atoms with van der Waals surface area (Å²) < 4.78 is 16.9. The van der Waals surface area contributed by atoms with Crippen LogP contribution in [-0.4, -0.2) is 64.4 Å². The van der Waals surface area contributed by atoms with Crippen molar-refractivity contribution in [1.82, 2.24) is 19.6 Å². The molecule has 0 radical (unpaired) electrons. The number of carbonyl (C=O) groups excluding carboxylic acids is 1. The molecule has 2 aromatic carbocycles. The Morgan fingerprint density at radius 2 is 1.86 bits per heavy atom. The molecule has 0 saturated carbocycles. The molecular weight excluding hydrogens is 523 g/mol. The van der Waals surface area contributed by atoms with Gasteiger partial charge >= 0.3 is 6.03 Å². The lowest BCUT2D eigenvalue weighted by molar-refractivity contribution is 0.193. The maximum absolute atomic E-state index is 14.2. The van der Waals surface area contributed by atoms with E-state index in [1.54, 1.807) is 6.07 Å². The number of anilines is 2. The molecule has 192 valence electrons. The number of nitrogens with zero attached hydrogens (tertiary/aromatic N) is 5. The molecule has 4 rings (SSSR count). The molecule has 0 spiro atoms. The summed E-state index contributed by atoms with van der Waals surface area (Å²) in [5.74, 6) is 0.621. The molecule has 1 aliphatic heterocycles. The Balaban J connectivity index is 1.70. The Kier molecular flexibility index (Phi) is 8.31. The SMILES string of the molecule is CCN1CCN(c2c(CN(C(=O)Nc3cccc(Br)c3)C(C)C)c(C)nn2-c2cccc(F)c2)CC1. The second kappa shape index (κ2) is 11.4. The van der Waals surface area contributed by atoms with Crippen LogP contribution in [-0.2, 0) is 6.54 Å². The molecule has 7 nitrogen and oxygen atoms in total. The van der Waals surface area contributed by atoms with Gasteiger partial charge in [0, 0.05) is 47.9 Å². The first-order valence-corrected chi connectivity index (χ1v) is 13.2. The van der Waals surface area contributed by atoms with Crippen LogP contribution in [0.25, 0.3) is 5.69 Å². The van der Waals surface area contributed by atoms with Crippen LogP contribution in [0.3, 0.4) is 0 Å². The summed E-state index contributed by atoms with van der Waals surface area (Å²) in [7, 11) is 0. The van der Waals surface area contributed by atoms with E-state index < -0.39 is 0 Å². The number of urea groups is 1. The lowest BCUT2D eigenvalue weighted by atomic mass is 10.1. The van der Waals surface area contributed by atoms with Crippen LogP contribution < -0.4 is 10.2 Å². The van der Waals surface area contributed by atoms with Gasteiger partial charge in [0.05, 0.1) is 17.9 Å². The fraction of sp³-hybridized carbons (Fsp3) is 0.407. The molecule has 1 N–H and O–H groups in total. The van der Waals surface area contributed by atoms with Gasteiger partial charge in [-0.2, -0.15) is 5.10 Å². The highest BCUT2D eigenvalue weighted by Crippen LogP contribution is 2.31. The number of hydrogen-bond donors (Lipinski definition) is 1. The summed E-state index contributed by atoms with van der Waals surface area (Å²) in [6.45, 7) is 13.1. The van der Waals surface area contributed by atoms with Crippen molar-refractivity contribution >= 4 is 33.5 Å². The predicted octanol–water partition coefficient (Wildman–Crippen LogP) is 5.67. The molecule has 1 aromatic heterocycles. The monoisotopic (exact) mass is 556 g/mol. The average molecular weight is 558 g/mol. The minimum absolute atomic E-state index is 0.0427. The highest BCUT2D eigenvalue weighted by Gasteiger charge is 2.28. The number of aromatic nitrogens is 2. The molecule has 1 aliphatic rings. The van der Waals surface area contributed by atoms with E-state index in [4.69, 9.17) is 5.10 Å². The second-order valence-electron chi connectivity index (χ2n) is 9.36. The van der Waals surface area contributed by atoms with Gasteiger partial charge in [-0.05, 0) is 63.7 Å². The largest absolute Gasteiger partial charge is 0.354 e. The van der Waals surface area contributed by atoms with Gasteiger partial charge in [-0.3, -0.25) is 0 Å². The van der Waals surface area contributed by atoms with Crippen LogP contribution in [0.15, 0.2) is 53.0 Å². The van der Waals surface area contributed by atoms with E-state index >= 15 is 0 Å². The molecule has 0 atom stereocenters. The van der Waals surface area contributed by atoms with E-state index in [0.29, 0.717) is 12.2 Å². The van der Waals surface area contributed by atoms with E-state index in [2.05, 4.69) is 38.0 Å². The van der Waals surface area contributed by atoms with Gasteiger partial charge in [0.15, 0.2) is 0 Å². The van der Waals surface area contributed by atoms with Crippen LogP contribution in [0.5, 0.6) is 0 Å². The fourth-order valence-electron chi connectivity index (χ4n) is 4.54. The zero-order valence-corrected chi connectivity index (χ0v) is 22.9. The molecule has 0 bridgehead atoms. The summed E-state index contributed by atoms with van der Waals surface area (Å²) in [4.78, 5) is 19.9. The molecule has 0 unspecified atom stereocenters. The fourth-order valence-corrected chi connectivity index (χ4v) is 4.94. The van der Waals surface area contributed by atoms with Crippen molar-refractivity contribution in [2.45, 2.75) is 40.3 Å². The lowest BCUT2D eigenvalue weighted by Gasteiger charge is -2.36. The number of hydrogen-bond acceptors (Lipinski definition) is 4. The first-order chi connectivity index (χ1) is 17.3. The molecule has 0 aliphatic carbocycles. The van der Waals surface area contributed by atoms with E-state index in [1.807, 2.05) is 60.7 Å². The quantitative estimate of drug-likeness (QED) is 0.407. The third-order valence-corrected chi connectivity index (χ3v) is 7.11. The Bertz CT molecular complexity index is 1200. The van der Waals surface area contributed by atoms with Crippen molar-refractivity contribution < 1.29 is 9.18 Å². The van der Waals surface area contributed by atoms with E-state index in [0.717, 1.165) is 60.0 Å². The topological polar surface area (TPSA) is 56.6 Å². The summed E-state index contributed by atoms with van der Waals surface area (Å²) in [6, 6.07) is 13.8. The summed E-state index contributed by atoms with van der Waals surface area (Å²) >= 11 is 3.46. The molecule has 1 saturated heterocycles. The highest BCUT2D eigenvalue weighted by atomic mass is 79.9. The van der Waals surface area contributed by atoms with Gasteiger partial charge in [0.1, 0.15) is 11.6 Å². The zero-order chi connectivity index (χ0) is 25.8. The standard InChI is InChI=1S/C27H34BrFN6O/c1-5-32-12-14-33(15-13-32)26-25(20(4)31-35(26)24-11-7-9-22(29)17-24)18-34(19(2)3)27(36)30-23-10-6-8-21(28)16-23/h6-11,16-17,19H,5,12-15,18H2,1-4H3,(H,30,36). The lowest BCUT2D eigenvalue weighted by Crippen LogP contribution is -2.47. The Morgan fingerprint density at radius 1 is 1.14 bits per heavy atom. The highest BCUT2D eigenvalue weighted by molar-refractivity contribution is 9.10. The van der Waals surface area contributed by atoms with E-state index in [9.17, 15) is 9.18 Å². The van der Waals surface area contributed by atoms with Crippen molar-refractivity contribution in [3.8, 4) is 5.69 Å². The number of aryl methyl sites for hydroxylation is 1. The third kappa shape index (κ3) is 5.90. The summed E-state index contributed by atoms with van der Waals surface area (Å²) in [5, 5.41) is 7.86. The van der Waals surface area contributed by atoms with Crippen molar-refractivity contribution in [2.24, 2.45) is 0 Å². The Hall–Kier alpha value is -2.91. The number of nitrogens with one attached hydrogen (secondary N) is 1. The minimum atomic E-state index is -0.304. The van der Waals surface area contributed by atoms with Crippen molar-refractivity contribution in [1.29, 1.82) is 0 Å². The van der Waals surface area contributed by atoms with Gasteiger partial charge in [-0.15, -0.1) is 0 Å². The van der Waals surface area contributed by atoms with Crippen LogP contribution in [0.1, 0.15) is 32.0 Å². The minimum Gasteiger partial charge on any atom is -0.354 e. The molecular formula is C27H34BrFN6O. The number of likely N-dealkylation sites (N-methyl/N-ethyl adjacent to an activating group) is 1. The van der Waals surface area contributed by atoms with Crippen molar-refractivity contribution in [3.05, 3.63) is 70.1 Å². The summed E-state index contributed by atoms with van der Waals surface area (Å²) in [6.07, 6.45) is 0. The maximum atomic E-state index is 14.2. The molecule has 36 heavy (non-hydrogen) atoms. The van der Waals surface area contributed by atoms with Crippen LogP contribution in [0.4, 0.5) is 20.7 Å². The Labute approximate surface area is 221 Å². The van der Waals surface area contributed by atoms with Crippen LogP contribution in [0, 0.1) is 12.7 Å². The van der Waals surface area contributed by atoms with E-state index in [1.165, 1.54) is 12.1 Å². The molecule has 2 heterocycles. The van der Waals surface area contributed by atoms with E-state index in [-0.39, 0.29) is 17.9 Å². The smallest absolute Gasteiger partial charge is 0.322 e. The van der Waals surface area contributed by atoms with Gasteiger partial charge in [0.25, 0.3) is 0 Å². The number of carbonyl (C=O) groups is 1. The molecule has 2 amide bonds. The van der Waals surface area contributed by atoms with Crippen LogP contribution in [0.2, 0.25) is 0 Å². The number of halogens is 2. The molecule has 3 aromatic rings. The maximum Gasteiger partial charge on any atom is 0.322 e. The Morgan fingerprint density at radius 3 is 2.50 bits per heavy atom. The first kappa shape index (κ1) is 26.2. The normalized spacial score (nSPS) is 14.4. The number of benzene rings is 2.